The molecule has 0 saturated heterocycles. The van der Waals surface area contributed by atoms with Gasteiger partial charge in [-0.3, -0.25) is 9.59 Å². The Hall–Kier alpha value is -3.93. The van der Waals surface area contributed by atoms with Crippen LogP contribution in [-0.4, -0.2) is 23.2 Å². The van der Waals surface area contributed by atoms with E-state index in [1.165, 1.54) is 0 Å². The largest absolute Gasteiger partial charge is 0.497 e. The SMILES string of the molecule is COc1ccc(C(NC(=O)Cc2n[nH]c(=O)c3ccccc23)c2ccccc2)cc1. The first-order valence-corrected chi connectivity index (χ1v) is 9.60. The number of methoxy groups -OCH3 is 1. The number of amides is 1. The Morgan fingerprint density at radius 3 is 2.27 bits per heavy atom. The van der Waals surface area contributed by atoms with E-state index >= 15 is 0 Å². The van der Waals surface area contributed by atoms with Gasteiger partial charge in [0.25, 0.3) is 5.56 Å². The van der Waals surface area contributed by atoms with E-state index in [0.717, 1.165) is 16.9 Å². The number of carbonyl (C=O) groups is 1. The lowest BCUT2D eigenvalue weighted by Crippen LogP contribution is -2.31. The lowest BCUT2D eigenvalue weighted by atomic mass is 9.98. The molecule has 2 N–H and O–H groups in total. The number of rotatable bonds is 6. The minimum Gasteiger partial charge on any atom is -0.497 e. The maximum atomic E-state index is 13.0. The molecule has 0 aliphatic heterocycles. The fourth-order valence-corrected chi connectivity index (χ4v) is 3.47. The molecule has 1 amide bonds. The van der Waals surface area contributed by atoms with Crippen molar-refractivity contribution in [3.63, 3.8) is 0 Å². The minimum atomic E-state index is -0.321. The first-order chi connectivity index (χ1) is 14.7. The molecule has 150 valence electrons. The van der Waals surface area contributed by atoms with Gasteiger partial charge in [-0.05, 0) is 29.3 Å². The van der Waals surface area contributed by atoms with Crippen LogP contribution in [0.15, 0.2) is 83.7 Å². The Labute approximate surface area is 173 Å². The van der Waals surface area contributed by atoms with E-state index in [4.69, 9.17) is 4.74 Å². The smallest absolute Gasteiger partial charge is 0.272 e. The zero-order valence-corrected chi connectivity index (χ0v) is 16.5. The molecular weight excluding hydrogens is 378 g/mol. The number of benzene rings is 3. The standard InChI is InChI=1S/C24H21N3O3/c1-30-18-13-11-17(12-14-18)23(16-7-3-2-4-8-16)25-22(28)15-21-19-9-5-6-10-20(19)24(29)27-26-21/h2-14,23H,15H2,1H3,(H,25,28)(H,27,29). The zero-order valence-electron chi connectivity index (χ0n) is 16.5. The molecule has 4 aromatic rings. The molecule has 4 rings (SSSR count). The van der Waals surface area contributed by atoms with E-state index in [1.807, 2.05) is 60.7 Å². The number of ether oxygens (including phenoxy) is 1. The molecule has 30 heavy (non-hydrogen) atoms. The first-order valence-electron chi connectivity index (χ1n) is 9.60. The lowest BCUT2D eigenvalue weighted by molar-refractivity contribution is -0.121. The predicted molar refractivity (Wildman–Crippen MR) is 115 cm³/mol. The summed E-state index contributed by atoms with van der Waals surface area (Å²) in [5.41, 5.74) is 2.17. The average molecular weight is 399 g/mol. The summed E-state index contributed by atoms with van der Waals surface area (Å²) in [6.07, 6.45) is 0.0524. The Balaban J connectivity index is 1.62. The van der Waals surface area contributed by atoms with Crippen LogP contribution >= 0.6 is 0 Å². The van der Waals surface area contributed by atoms with E-state index in [9.17, 15) is 9.59 Å². The fourth-order valence-electron chi connectivity index (χ4n) is 3.47. The van der Waals surface area contributed by atoms with E-state index in [-0.39, 0.29) is 23.9 Å². The van der Waals surface area contributed by atoms with Crippen LogP contribution in [0.1, 0.15) is 22.9 Å². The predicted octanol–water partition coefficient (Wildman–Crippen LogP) is 3.38. The number of carbonyl (C=O) groups excluding carboxylic acids is 1. The minimum absolute atomic E-state index is 0.0524. The molecule has 6 nitrogen and oxygen atoms in total. The monoisotopic (exact) mass is 399 g/mol. The molecule has 0 bridgehead atoms. The van der Waals surface area contributed by atoms with E-state index in [0.29, 0.717) is 16.5 Å². The third-order valence-electron chi connectivity index (χ3n) is 4.99. The number of hydrogen-bond acceptors (Lipinski definition) is 4. The van der Waals surface area contributed by atoms with Crippen LogP contribution in [-0.2, 0) is 11.2 Å². The Bertz CT molecular complexity index is 1220. The van der Waals surface area contributed by atoms with Crippen molar-refractivity contribution < 1.29 is 9.53 Å². The van der Waals surface area contributed by atoms with Gasteiger partial charge in [0, 0.05) is 5.39 Å². The molecule has 0 fully saturated rings. The zero-order chi connectivity index (χ0) is 20.9. The normalized spacial score (nSPS) is 11.8. The second-order valence-electron chi connectivity index (χ2n) is 6.91. The van der Waals surface area contributed by atoms with Crippen LogP contribution in [0, 0.1) is 0 Å². The Morgan fingerprint density at radius 2 is 1.57 bits per heavy atom. The van der Waals surface area contributed by atoms with E-state index in [2.05, 4.69) is 15.5 Å². The number of hydrogen-bond donors (Lipinski definition) is 2. The summed E-state index contributed by atoms with van der Waals surface area (Å²) in [6, 6.07) is 24.2. The maximum Gasteiger partial charge on any atom is 0.272 e. The lowest BCUT2D eigenvalue weighted by Gasteiger charge is -2.20. The molecule has 0 radical (unpaired) electrons. The van der Waals surface area contributed by atoms with Crippen LogP contribution in [0.4, 0.5) is 0 Å². The van der Waals surface area contributed by atoms with Gasteiger partial charge in [0.15, 0.2) is 0 Å². The van der Waals surface area contributed by atoms with Gasteiger partial charge < -0.3 is 10.1 Å². The molecule has 1 unspecified atom stereocenters. The van der Waals surface area contributed by atoms with Gasteiger partial charge in [0.1, 0.15) is 5.75 Å². The summed E-state index contributed by atoms with van der Waals surface area (Å²) in [5, 5.41) is 10.9. The summed E-state index contributed by atoms with van der Waals surface area (Å²) in [7, 11) is 1.62. The van der Waals surface area contributed by atoms with Crippen molar-refractivity contribution in [1.29, 1.82) is 0 Å². The van der Waals surface area contributed by atoms with Gasteiger partial charge in [-0.1, -0.05) is 60.7 Å². The van der Waals surface area contributed by atoms with Crippen molar-refractivity contribution in [3.8, 4) is 5.75 Å². The van der Waals surface area contributed by atoms with Crippen molar-refractivity contribution in [3.05, 3.63) is 106 Å². The molecule has 0 spiro atoms. The molecule has 1 aromatic heterocycles. The topological polar surface area (TPSA) is 84.1 Å². The molecule has 0 saturated carbocycles. The van der Waals surface area contributed by atoms with Gasteiger partial charge in [-0.15, -0.1) is 0 Å². The molecule has 6 heteroatoms. The third kappa shape index (κ3) is 4.07. The third-order valence-corrected chi connectivity index (χ3v) is 4.99. The van der Waals surface area contributed by atoms with Gasteiger partial charge >= 0.3 is 0 Å². The summed E-state index contributed by atoms with van der Waals surface area (Å²) in [5.74, 6) is 0.560. The van der Waals surface area contributed by atoms with Crippen LogP contribution in [0.25, 0.3) is 10.8 Å². The van der Waals surface area contributed by atoms with Gasteiger partial charge in [0.2, 0.25) is 5.91 Å². The molecule has 0 aliphatic carbocycles. The number of aromatic amines is 1. The molecular formula is C24H21N3O3. The molecule has 1 heterocycles. The number of nitrogens with zero attached hydrogens (tertiary/aromatic N) is 1. The molecule has 3 aromatic carbocycles. The van der Waals surface area contributed by atoms with Crippen LogP contribution in [0.2, 0.25) is 0 Å². The van der Waals surface area contributed by atoms with Crippen molar-refractivity contribution >= 4 is 16.7 Å². The Kier molecular flexibility index (Phi) is 5.57. The van der Waals surface area contributed by atoms with Crippen LogP contribution in [0.3, 0.4) is 0 Å². The van der Waals surface area contributed by atoms with Crippen molar-refractivity contribution in [2.24, 2.45) is 0 Å². The van der Waals surface area contributed by atoms with Gasteiger partial charge in [-0.25, -0.2) is 5.10 Å². The maximum absolute atomic E-state index is 13.0. The van der Waals surface area contributed by atoms with E-state index in [1.54, 1.807) is 25.3 Å². The fraction of sp³-hybridized carbons (Fsp3) is 0.125. The van der Waals surface area contributed by atoms with Crippen LogP contribution in [0.5, 0.6) is 5.75 Å². The first kappa shape index (κ1) is 19.4. The van der Waals surface area contributed by atoms with Crippen LogP contribution < -0.4 is 15.6 Å². The highest BCUT2D eigenvalue weighted by atomic mass is 16.5. The number of nitrogens with one attached hydrogen (secondary N) is 2. The Morgan fingerprint density at radius 1 is 0.933 bits per heavy atom. The highest BCUT2D eigenvalue weighted by Gasteiger charge is 2.18. The van der Waals surface area contributed by atoms with Crippen molar-refractivity contribution in [2.45, 2.75) is 12.5 Å². The second kappa shape index (κ2) is 8.61. The summed E-state index contributed by atoms with van der Waals surface area (Å²) in [4.78, 5) is 24.9. The summed E-state index contributed by atoms with van der Waals surface area (Å²) in [6.45, 7) is 0. The number of H-pyrrole nitrogens is 1. The molecule has 0 aliphatic rings. The summed E-state index contributed by atoms with van der Waals surface area (Å²) < 4.78 is 5.24. The second-order valence-corrected chi connectivity index (χ2v) is 6.91. The highest BCUT2D eigenvalue weighted by molar-refractivity contribution is 5.88. The number of fused-ring (bicyclic) bond motifs is 1. The van der Waals surface area contributed by atoms with Crippen molar-refractivity contribution in [2.75, 3.05) is 7.11 Å². The highest BCUT2D eigenvalue weighted by Crippen LogP contribution is 2.24. The average Bonchev–Trinajstić information content (AvgIpc) is 2.80. The molecule has 1 atom stereocenters. The van der Waals surface area contributed by atoms with E-state index < -0.39 is 0 Å². The van der Waals surface area contributed by atoms with Gasteiger partial charge in [0.05, 0.1) is 30.7 Å². The quantitative estimate of drug-likeness (QED) is 0.521. The number of aromatic nitrogens is 2. The van der Waals surface area contributed by atoms with Gasteiger partial charge in [-0.2, -0.15) is 5.10 Å². The summed E-state index contributed by atoms with van der Waals surface area (Å²) >= 11 is 0. The van der Waals surface area contributed by atoms with Crippen molar-refractivity contribution in [1.82, 2.24) is 15.5 Å².